The molecule has 5 nitrogen and oxygen atoms in total. The molecule has 2 aromatic heterocycles. The van der Waals surface area contributed by atoms with Gasteiger partial charge in [-0.1, -0.05) is 79.9 Å². The molecule has 6 rings (SSSR count). The molecule has 2 aromatic carbocycles. The highest BCUT2D eigenvalue weighted by Crippen LogP contribution is 2.41. The summed E-state index contributed by atoms with van der Waals surface area (Å²) in [5, 5.41) is 20.5. The lowest BCUT2D eigenvalue weighted by Gasteiger charge is -2.27. The predicted molar refractivity (Wildman–Crippen MR) is 145 cm³/mol. The molecule has 0 atom stereocenters. The third-order valence-electron chi connectivity index (χ3n) is 8.37. The molecule has 0 unspecified atom stereocenters. The maximum Gasteiger partial charge on any atom is 0.146 e. The second-order valence-corrected chi connectivity index (χ2v) is 10.7. The topological polar surface area (TPSA) is 66.8 Å². The summed E-state index contributed by atoms with van der Waals surface area (Å²) in [6, 6.07) is 21.4. The zero-order valence-electron chi connectivity index (χ0n) is 20.9. The smallest absolute Gasteiger partial charge is 0.146 e. The van der Waals surface area contributed by atoms with Gasteiger partial charge >= 0.3 is 0 Å². The Balaban J connectivity index is 1.61. The van der Waals surface area contributed by atoms with E-state index in [1.54, 1.807) is 0 Å². The molecule has 0 spiro atoms. The van der Waals surface area contributed by atoms with Crippen LogP contribution < -0.4 is 5.49 Å². The van der Waals surface area contributed by atoms with Crippen LogP contribution in [0.5, 0.6) is 0 Å². The van der Waals surface area contributed by atoms with Gasteiger partial charge in [-0.05, 0) is 55.6 Å². The molecule has 0 radical (unpaired) electrons. The van der Waals surface area contributed by atoms with Crippen LogP contribution in [0.15, 0.2) is 67.0 Å². The van der Waals surface area contributed by atoms with Crippen LogP contribution in [0, 0.1) is 11.3 Å². The van der Waals surface area contributed by atoms with E-state index < -0.39 is 0 Å². The van der Waals surface area contributed by atoms with Gasteiger partial charge in [0.1, 0.15) is 11.1 Å². The van der Waals surface area contributed by atoms with E-state index in [0.29, 0.717) is 11.4 Å². The van der Waals surface area contributed by atoms with Crippen LogP contribution in [0.25, 0.3) is 33.4 Å². The number of hydrogen-bond donors (Lipinski definition) is 2. The predicted octanol–water partition coefficient (Wildman–Crippen LogP) is 6.71. The number of hydrogen-bond acceptors (Lipinski definition) is 3. The van der Waals surface area contributed by atoms with Gasteiger partial charge in [0.05, 0.1) is 23.5 Å². The molecule has 0 amide bonds. The Labute approximate surface area is 213 Å². The Kier molecular flexibility index (Phi) is 6.49. The van der Waals surface area contributed by atoms with Gasteiger partial charge in [0.25, 0.3) is 0 Å². The average Bonchev–Trinajstić information content (AvgIpc) is 3.26. The molecular formula is C31H36N4O. The lowest BCUT2D eigenvalue weighted by molar-refractivity contribution is 0.109. The summed E-state index contributed by atoms with van der Waals surface area (Å²) in [6.07, 6.45) is 11.5. The minimum Gasteiger partial charge on any atom is -0.393 e. The molecule has 2 aliphatic carbocycles. The lowest BCUT2D eigenvalue weighted by atomic mass is 9.89. The number of rotatable bonds is 5. The highest BCUT2D eigenvalue weighted by Gasteiger charge is 2.27. The molecular weight excluding hydrogens is 444 g/mol. The van der Waals surface area contributed by atoms with Crippen LogP contribution in [0.3, 0.4) is 0 Å². The summed E-state index contributed by atoms with van der Waals surface area (Å²) in [7, 11) is 0. The first-order chi connectivity index (χ1) is 17.7. The minimum atomic E-state index is -0.214. The quantitative estimate of drug-likeness (QED) is 0.333. The third kappa shape index (κ3) is 4.30. The van der Waals surface area contributed by atoms with Crippen molar-refractivity contribution in [1.82, 2.24) is 14.1 Å². The minimum absolute atomic E-state index is 0.211. The summed E-state index contributed by atoms with van der Waals surface area (Å²) in [5.74, 6) is 0.642. The van der Waals surface area contributed by atoms with Gasteiger partial charge in [0.2, 0.25) is 0 Å². The Morgan fingerprint density at radius 2 is 1.44 bits per heavy atom. The summed E-state index contributed by atoms with van der Waals surface area (Å²) in [6.45, 7) is 0.944. The average molecular weight is 481 g/mol. The van der Waals surface area contributed by atoms with Crippen LogP contribution in [-0.2, 0) is 6.54 Å². The second-order valence-electron chi connectivity index (χ2n) is 10.7. The molecule has 2 heterocycles. The Morgan fingerprint density at radius 1 is 0.806 bits per heavy atom. The summed E-state index contributed by atoms with van der Waals surface area (Å²) < 4.78 is 4.50. The highest BCUT2D eigenvalue weighted by molar-refractivity contribution is 6.02. The summed E-state index contributed by atoms with van der Waals surface area (Å²) >= 11 is 0. The number of aromatic nitrogens is 3. The highest BCUT2D eigenvalue weighted by atomic mass is 16.3. The number of aliphatic hydroxyl groups excluding tert-OH is 1. The fraction of sp³-hybridized carbons (Fsp3) is 0.419. The molecule has 2 N–H and O–H groups in total. The number of nitrogens with zero attached hydrogens (tertiary/aromatic N) is 3. The summed E-state index contributed by atoms with van der Waals surface area (Å²) in [5.41, 5.74) is 6.08. The van der Waals surface area contributed by atoms with Crippen molar-refractivity contribution in [2.24, 2.45) is 5.92 Å². The van der Waals surface area contributed by atoms with E-state index in [9.17, 15) is 10.5 Å². The third-order valence-corrected chi connectivity index (χ3v) is 8.37. The first-order valence-corrected chi connectivity index (χ1v) is 13.7. The molecule has 0 bridgehead atoms. The van der Waals surface area contributed by atoms with Crippen LogP contribution in [0.4, 0.5) is 0 Å². The van der Waals surface area contributed by atoms with Gasteiger partial charge in [0, 0.05) is 18.2 Å². The molecule has 2 fully saturated rings. The maximum absolute atomic E-state index is 10.1. The first-order valence-electron chi connectivity index (χ1n) is 13.7. The van der Waals surface area contributed by atoms with Gasteiger partial charge in [-0.2, -0.15) is 0 Å². The largest absolute Gasteiger partial charge is 0.393 e. The Morgan fingerprint density at radius 3 is 2.11 bits per heavy atom. The number of nitrogens with one attached hydrogen (secondary N) is 1. The zero-order valence-corrected chi connectivity index (χ0v) is 20.9. The molecule has 5 heteroatoms. The van der Waals surface area contributed by atoms with Crippen molar-refractivity contribution < 1.29 is 5.11 Å². The van der Waals surface area contributed by atoms with Crippen LogP contribution >= 0.6 is 0 Å². The lowest BCUT2D eigenvalue weighted by Crippen LogP contribution is -2.29. The standard InChI is InChI=1S/C31H36N4O/c32-30-28-27(23-12-6-2-7-13-23)29(24-14-8-3-9-15-24)34(20-22-10-4-1-5-11-22)31(28)33-21-35(30)25-16-18-26(36)19-17-25/h2-3,6-9,12-15,21-22,25-26,32,36H,1,4-5,10-11,16-20H2/t25-,26-. The molecule has 0 saturated heterocycles. The molecule has 2 saturated carbocycles. The summed E-state index contributed by atoms with van der Waals surface area (Å²) in [4.78, 5) is 5.08. The van der Waals surface area contributed by atoms with Crippen molar-refractivity contribution in [2.75, 3.05) is 0 Å². The second kappa shape index (κ2) is 10.1. The van der Waals surface area contributed by atoms with E-state index >= 15 is 0 Å². The van der Waals surface area contributed by atoms with Crippen molar-refractivity contribution in [2.45, 2.75) is 76.5 Å². The van der Waals surface area contributed by atoms with Gasteiger partial charge in [0.15, 0.2) is 0 Å². The molecule has 186 valence electrons. The zero-order chi connectivity index (χ0) is 24.5. The van der Waals surface area contributed by atoms with E-state index in [4.69, 9.17) is 4.98 Å². The van der Waals surface area contributed by atoms with E-state index in [1.165, 1.54) is 43.4 Å². The van der Waals surface area contributed by atoms with Crippen LogP contribution in [0.1, 0.15) is 63.8 Å². The van der Waals surface area contributed by atoms with Crippen molar-refractivity contribution >= 4 is 11.0 Å². The van der Waals surface area contributed by atoms with E-state index in [-0.39, 0.29) is 12.1 Å². The van der Waals surface area contributed by atoms with Crippen molar-refractivity contribution in [3.8, 4) is 22.4 Å². The molecule has 4 aromatic rings. The van der Waals surface area contributed by atoms with Crippen molar-refractivity contribution in [3.05, 3.63) is 72.5 Å². The number of fused-ring (bicyclic) bond motifs is 1. The molecule has 0 aliphatic heterocycles. The van der Waals surface area contributed by atoms with Gasteiger partial charge in [-0.3, -0.25) is 5.41 Å². The van der Waals surface area contributed by atoms with Gasteiger partial charge in [-0.15, -0.1) is 0 Å². The Hall–Kier alpha value is -3.18. The normalized spacial score (nSPS) is 21.1. The van der Waals surface area contributed by atoms with Crippen molar-refractivity contribution in [1.29, 1.82) is 5.41 Å². The van der Waals surface area contributed by atoms with E-state index in [1.807, 2.05) is 6.33 Å². The molecule has 2 aliphatic rings. The van der Waals surface area contributed by atoms with Crippen LogP contribution in [0.2, 0.25) is 0 Å². The molecule has 36 heavy (non-hydrogen) atoms. The van der Waals surface area contributed by atoms with E-state index in [2.05, 4.69) is 69.8 Å². The SMILES string of the molecule is N=c1c2c(-c3ccccc3)c(-c3ccccc3)n(CC3CCCCC3)c2ncn1[C@H]1CC[C@H](O)CC1. The van der Waals surface area contributed by atoms with Gasteiger partial charge in [-0.25, -0.2) is 4.98 Å². The number of benzene rings is 2. The fourth-order valence-electron chi connectivity index (χ4n) is 6.47. The fourth-order valence-corrected chi connectivity index (χ4v) is 6.47. The number of aliphatic hydroxyl groups is 1. The van der Waals surface area contributed by atoms with Crippen molar-refractivity contribution in [3.63, 3.8) is 0 Å². The maximum atomic E-state index is 10.1. The van der Waals surface area contributed by atoms with Gasteiger partial charge < -0.3 is 14.2 Å². The van der Waals surface area contributed by atoms with Crippen LogP contribution in [-0.4, -0.2) is 25.3 Å². The first kappa shape index (κ1) is 23.2. The van der Waals surface area contributed by atoms with E-state index in [0.717, 1.165) is 54.4 Å². The monoisotopic (exact) mass is 480 g/mol. The Bertz CT molecular complexity index is 1380.